The van der Waals surface area contributed by atoms with E-state index in [2.05, 4.69) is 17.0 Å². The van der Waals surface area contributed by atoms with E-state index in [9.17, 15) is 0 Å². The lowest BCUT2D eigenvalue weighted by Crippen LogP contribution is -2.29. The maximum Gasteiger partial charge on any atom is 0.133 e. The van der Waals surface area contributed by atoms with Gasteiger partial charge in [0.05, 0.1) is 25.7 Å². The summed E-state index contributed by atoms with van der Waals surface area (Å²) in [5.74, 6) is 4.84. The molecule has 0 atom stereocenters. The van der Waals surface area contributed by atoms with Crippen LogP contribution in [-0.2, 0) is 9.57 Å². The summed E-state index contributed by atoms with van der Waals surface area (Å²) in [7, 11) is 0. The average molecular weight is 215 g/mol. The molecule has 0 aromatic rings. The molecule has 4 nitrogen and oxygen atoms in total. The molecule has 0 aromatic heterocycles. The fourth-order valence-corrected chi connectivity index (χ4v) is 0.690. The van der Waals surface area contributed by atoms with Gasteiger partial charge in [0.2, 0.25) is 0 Å². The molecule has 0 unspecified atom stereocenters. The summed E-state index contributed by atoms with van der Waals surface area (Å²) in [4.78, 5) is 6.31. The second-order valence-electron chi connectivity index (χ2n) is 1.92. The molecule has 0 spiro atoms. The van der Waals surface area contributed by atoms with Crippen LogP contribution < -0.4 is 5.90 Å². The third-order valence-corrected chi connectivity index (χ3v) is 1.22. The van der Waals surface area contributed by atoms with Crippen LogP contribution in [0.4, 0.5) is 0 Å². The average Bonchev–Trinajstić information content (AvgIpc) is 2.03. The molecule has 1 rings (SSSR count). The van der Waals surface area contributed by atoms with Crippen LogP contribution in [-0.4, -0.2) is 31.2 Å². The van der Waals surface area contributed by atoms with E-state index in [0.29, 0.717) is 13.2 Å². The van der Waals surface area contributed by atoms with Gasteiger partial charge in [0.25, 0.3) is 0 Å². The Hall–Kier alpha value is -0.340. The van der Waals surface area contributed by atoms with Crippen molar-refractivity contribution >= 4 is 24.8 Å². The van der Waals surface area contributed by atoms with Gasteiger partial charge in [-0.2, -0.15) is 0 Å². The smallest absolute Gasteiger partial charge is 0.133 e. The van der Waals surface area contributed by atoms with Gasteiger partial charge in [0.1, 0.15) is 12.7 Å². The van der Waals surface area contributed by atoms with E-state index >= 15 is 0 Å². The Kier molecular flexibility index (Phi) is 10.4. The maximum absolute atomic E-state index is 4.84. The number of halogens is 2. The van der Waals surface area contributed by atoms with Crippen LogP contribution in [0.1, 0.15) is 0 Å². The highest BCUT2D eigenvalue weighted by atomic mass is 35.5. The lowest BCUT2D eigenvalue weighted by Gasteiger charge is -2.17. The van der Waals surface area contributed by atoms with Crippen molar-refractivity contribution < 1.29 is 9.57 Å². The lowest BCUT2D eigenvalue weighted by molar-refractivity contribution is 0.111. The fourth-order valence-electron chi connectivity index (χ4n) is 0.690. The molecule has 72 valence electrons. The molecule has 0 fully saturated rings. The van der Waals surface area contributed by atoms with Crippen molar-refractivity contribution in [3.8, 4) is 12.2 Å². The number of hydrogen-bond acceptors (Lipinski definition) is 4. The molecule has 0 amide bonds. The Morgan fingerprint density at radius 3 is 2.75 bits per heavy atom. The van der Waals surface area contributed by atoms with E-state index in [0.717, 1.165) is 13.1 Å². The topological polar surface area (TPSA) is 47.7 Å². The van der Waals surface area contributed by atoms with E-state index in [1.165, 1.54) is 0 Å². The van der Waals surface area contributed by atoms with Gasteiger partial charge >= 0.3 is 0 Å². The highest BCUT2D eigenvalue weighted by molar-refractivity contribution is 5.85. The van der Waals surface area contributed by atoms with Crippen LogP contribution in [0, 0.1) is 12.2 Å². The Balaban J connectivity index is 0. The number of ether oxygens (including phenoxy) is 1. The van der Waals surface area contributed by atoms with E-state index < -0.39 is 0 Å². The number of nitrogens with zero attached hydrogens (tertiary/aromatic N) is 1. The van der Waals surface area contributed by atoms with E-state index in [4.69, 9.17) is 10.6 Å². The van der Waals surface area contributed by atoms with Crippen LogP contribution >= 0.6 is 24.8 Å². The zero-order valence-electron chi connectivity index (χ0n) is 6.49. The molecular weight excluding hydrogens is 203 g/mol. The Morgan fingerprint density at radius 2 is 2.25 bits per heavy atom. The standard InChI is InChI=1S/C6H10N2O2.2ClH/c7-10-6-3-8-1-4-9-5-2-8;;/h1,3-4,6-7H2;2*1H. The summed E-state index contributed by atoms with van der Waals surface area (Å²) in [5, 5.41) is 0. The Labute approximate surface area is 84.1 Å². The van der Waals surface area contributed by atoms with E-state index in [-0.39, 0.29) is 24.8 Å². The Morgan fingerprint density at radius 1 is 1.50 bits per heavy atom. The first-order chi connectivity index (χ1) is 4.93. The predicted molar refractivity (Wildman–Crippen MR) is 49.9 cm³/mol. The van der Waals surface area contributed by atoms with Crippen molar-refractivity contribution in [3.63, 3.8) is 0 Å². The molecule has 0 radical (unpaired) electrons. The third kappa shape index (κ3) is 5.33. The lowest BCUT2D eigenvalue weighted by atomic mass is 10.5. The van der Waals surface area contributed by atoms with E-state index in [1.807, 2.05) is 4.90 Å². The predicted octanol–water partition coefficient (Wildman–Crippen LogP) is -0.0291. The summed E-state index contributed by atoms with van der Waals surface area (Å²) in [5.41, 5.74) is 0. The molecule has 0 bridgehead atoms. The van der Waals surface area contributed by atoms with Gasteiger partial charge in [-0.25, -0.2) is 5.90 Å². The molecule has 0 saturated heterocycles. The third-order valence-electron chi connectivity index (χ3n) is 1.22. The molecular formula is C6H12Cl2N2O2. The van der Waals surface area contributed by atoms with Crippen LogP contribution in [0.2, 0.25) is 0 Å². The van der Waals surface area contributed by atoms with Crippen LogP contribution in [0.3, 0.4) is 0 Å². The summed E-state index contributed by atoms with van der Waals surface area (Å²) in [6, 6.07) is 2.78. The maximum atomic E-state index is 4.84. The monoisotopic (exact) mass is 214 g/mol. The van der Waals surface area contributed by atoms with Crippen LogP contribution in [0.15, 0.2) is 0 Å². The quantitative estimate of drug-likeness (QED) is 0.530. The molecule has 1 aliphatic rings. The van der Waals surface area contributed by atoms with Crippen molar-refractivity contribution in [2.75, 3.05) is 26.3 Å². The minimum atomic E-state index is 0. The number of nitrogens with two attached hydrogens (primary N) is 1. The van der Waals surface area contributed by atoms with Gasteiger partial charge in [0.15, 0.2) is 0 Å². The highest BCUT2D eigenvalue weighted by Crippen LogP contribution is 1.90. The first-order valence-corrected chi connectivity index (χ1v) is 3.12. The summed E-state index contributed by atoms with van der Waals surface area (Å²) in [6.45, 7) is 2.75. The van der Waals surface area contributed by atoms with Crippen molar-refractivity contribution in [2.24, 2.45) is 5.90 Å². The first-order valence-electron chi connectivity index (χ1n) is 3.12. The highest BCUT2D eigenvalue weighted by Gasteiger charge is 2.02. The molecule has 2 N–H and O–H groups in total. The molecule has 1 heterocycles. The number of hydrogen-bond donors (Lipinski definition) is 1. The first kappa shape index (κ1) is 14.2. The second-order valence-corrected chi connectivity index (χ2v) is 1.92. The van der Waals surface area contributed by atoms with Crippen molar-refractivity contribution in [3.05, 3.63) is 0 Å². The van der Waals surface area contributed by atoms with Gasteiger partial charge in [0, 0.05) is 0 Å². The number of rotatable bonds is 3. The summed E-state index contributed by atoms with van der Waals surface area (Å²) < 4.78 is 4.80. The van der Waals surface area contributed by atoms with Gasteiger partial charge in [-0.3, -0.25) is 0 Å². The minimum Gasteiger partial charge on any atom is -0.443 e. The van der Waals surface area contributed by atoms with Gasteiger partial charge < -0.3 is 14.5 Å². The van der Waals surface area contributed by atoms with Gasteiger partial charge in [-0.1, -0.05) is 0 Å². The van der Waals surface area contributed by atoms with Gasteiger partial charge in [-0.15, -0.1) is 24.8 Å². The van der Waals surface area contributed by atoms with Gasteiger partial charge in [-0.05, 0) is 0 Å². The second kappa shape index (κ2) is 8.75. The van der Waals surface area contributed by atoms with Crippen molar-refractivity contribution in [1.82, 2.24) is 4.90 Å². The normalized spacial score (nSPS) is 12.9. The fraction of sp³-hybridized carbons (Fsp3) is 0.667. The Bertz CT molecular complexity index is 157. The molecule has 12 heavy (non-hydrogen) atoms. The zero-order chi connectivity index (χ0) is 7.23. The summed E-state index contributed by atoms with van der Waals surface area (Å²) in [6.07, 6.45) is 2.52. The molecule has 1 aliphatic heterocycles. The van der Waals surface area contributed by atoms with Crippen molar-refractivity contribution in [2.45, 2.75) is 0 Å². The van der Waals surface area contributed by atoms with Crippen molar-refractivity contribution in [1.29, 1.82) is 0 Å². The molecule has 6 heteroatoms. The molecule has 0 aliphatic carbocycles. The largest absolute Gasteiger partial charge is 0.443 e. The molecule has 0 aromatic carbocycles. The minimum absolute atomic E-state index is 0. The zero-order valence-corrected chi connectivity index (χ0v) is 8.12. The summed E-state index contributed by atoms with van der Waals surface area (Å²) >= 11 is 0. The van der Waals surface area contributed by atoms with E-state index in [1.54, 1.807) is 0 Å². The van der Waals surface area contributed by atoms with Crippen LogP contribution in [0.5, 0.6) is 0 Å². The molecule has 0 saturated carbocycles. The SMILES string of the molecule is Cl.Cl.NOCCN1C#COCC1. The van der Waals surface area contributed by atoms with Crippen LogP contribution in [0.25, 0.3) is 0 Å².